The fourth-order valence-corrected chi connectivity index (χ4v) is 1.31. The minimum Gasteiger partial charge on any atom is -0.448 e. The van der Waals surface area contributed by atoms with Gasteiger partial charge in [-0.3, -0.25) is 0 Å². The van der Waals surface area contributed by atoms with E-state index < -0.39 is 0 Å². The number of nitrogens with zero attached hydrogens (tertiary/aromatic N) is 5. The van der Waals surface area contributed by atoms with Gasteiger partial charge in [0.2, 0.25) is 0 Å². The Balaban J connectivity index is 1.88. The normalized spacial score (nSPS) is 15.1. The molecule has 0 N–H and O–H groups in total. The smallest absolute Gasteiger partial charge is 0.410 e. The van der Waals surface area contributed by atoms with Crippen molar-refractivity contribution in [2.75, 3.05) is 19.7 Å². The molecule has 0 bridgehead atoms. The molecule has 0 atom stereocenters. The highest BCUT2D eigenvalue weighted by atomic mass is 16.6. The average molecular weight is 207 g/mol. The Morgan fingerprint density at radius 1 is 1.60 bits per heavy atom. The SMILES string of the molecule is N#Cc1ncn(CCN2CCOC2=O)n1. The van der Waals surface area contributed by atoms with Crippen LogP contribution in [0.5, 0.6) is 0 Å². The van der Waals surface area contributed by atoms with Gasteiger partial charge in [0, 0.05) is 6.54 Å². The van der Waals surface area contributed by atoms with Crippen LogP contribution in [0.4, 0.5) is 4.79 Å². The molecule has 7 heteroatoms. The molecule has 0 aliphatic carbocycles. The summed E-state index contributed by atoms with van der Waals surface area (Å²) in [7, 11) is 0. The molecule has 1 amide bonds. The number of carbonyl (C=O) groups excluding carboxylic acids is 1. The first-order chi connectivity index (χ1) is 7.29. The quantitative estimate of drug-likeness (QED) is 0.673. The van der Waals surface area contributed by atoms with Gasteiger partial charge in [-0.2, -0.15) is 5.26 Å². The van der Waals surface area contributed by atoms with Crippen molar-refractivity contribution in [2.24, 2.45) is 0 Å². The molecule has 0 spiro atoms. The summed E-state index contributed by atoms with van der Waals surface area (Å²) in [6.45, 7) is 2.09. The number of hydrogen-bond acceptors (Lipinski definition) is 5. The second kappa shape index (κ2) is 3.96. The predicted molar refractivity (Wildman–Crippen MR) is 47.7 cm³/mol. The van der Waals surface area contributed by atoms with Crippen molar-refractivity contribution in [1.82, 2.24) is 19.7 Å². The van der Waals surface area contributed by atoms with Crippen LogP contribution in [0.3, 0.4) is 0 Å². The highest BCUT2D eigenvalue weighted by Gasteiger charge is 2.21. The first kappa shape index (κ1) is 9.45. The summed E-state index contributed by atoms with van der Waals surface area (Å²) >= 11 is 0. The Bertz CT molecular complexity index is 407. The third kappa shape index (κ3) is 2.04. The summed E-state index contributed by atoms with van der Waals surface area (Å²) in [5.41, 5.74) is 0. The molecule has 0 saturated carbocycles. The van der Waals surface area contributed by atoms with Gasteiger partial charge < -0.3 is 9.64 Å². The maximum absolute atomic E-state index is 11.1. The highest BCUT2D eigenvalue weighted by molar-refractivity contribution is 5.69. The zero-order chi connectivity index (χ0) is 10.7. The monoisotopic (exact) mass is 207 g/mol. The second-order valence-corrected chi connectivity index (χ2v) is 3.04. The molecule has 1 aliphatic heterocycles. The van der Waals surface area contributed by atoms with E-state index in [9.17, 15) is 4.79 Å². The fraction of sp³-hybridized carbons (Fsp3) is 0.500. The van der Waals surface area contributed by atoms with Crippen molar-refractivity contribution in [1.29, 1.82) is 5.26 Å². The van der Waals surface area contributed by atoms with Gasteiger partial charge in [-0.05, 0) is 0 Å². The van der Waals surface area contributed by atoms with Crippen LogP contribution < -0.4 is 0 Å². The Morgan fingerprint density at radius 3 is 3.07 bits per heavy atom. The molecular weight excluding hydrogens is 198 g/mol. The van der Waals surface area contributed by atoms with Gasteiger partial charge in [0.25, 0.3) is 5.82 Å². The van der Waals surface area contributed by atoms with Crippen molar-refractivity contribution in [3.63, 3.8) is 0 Å². The second-order valence-electron chi connectivity index (χ2n) is 3.04. The highest BCUT2D eigenvalue weighted by Crippen LogP contribution is 2.02. The van der Waals surface area contributed by atoms with E-state index in [1.165, 1.54) is 11.0 Å². The van der Waals surface area contributed by atoms with E-state index >= 15 is 0 Å². The lowest BCUT2D eigenvalue weighted by atomic mass is 10.5. The van der Waals surface area contributed by atoms with Gasteiger partial charge in [0.05, 0.1) is 13.1 Å². The molecule has 0 radical (unpaired) electrons. The maximum Gasteiger partial charge on any atom is 0.410 e. The van der Waals surface area contributed by atoms with Gasteiger partial charge in [0.15, 0.2) is 0 Å². The maximum atomic E-state index is 11.1. The van der Waals surface area contributed by atoms with Gasteiger partial charge in [-0.15, -0.1) is 5.10 Å². The Kier molecular flexibility index (Phi) is 2.49. The van der Waals surface area contributed by atoms with Crippen LogP contribution in [0.2, 0.25) is 0 Å². The lowest BCUT2D eigenvalue weighted by molar-refractivity contribution is 0.157. The van der Waals surface area contributed by atoms with Crippen LogP contribution in [0.15, 0.2) is 6.33 Å². The summed E-state index contributed by atoms with van der Waals surface area (Å²) in [6.07, 6.45) is 1.18. The van der Waals surface area contributed by atoms with Gasteiger partial charge in [-0.1, -0.05) is 0 Å². The number of nitriles is 1. The van der Waals surface area contributed by atoms with Crippen LogP contribution in [0.25, 0.3) is 0 Å². The molecule has 1 aromatic heterocycles. The standard InChI is InChI=1S/C8H9N5O2/c9-5-7-10-6-13(11-7)2-1-12-3-4-15-8(12)14/h6H,1-4H2. The zero-order valence-corrected chi connectivity index (χ0v) is 7.96. The van der Waals surface area contributed by atoms with Crippen molar-refractivity contribution < 1.29 is 9.53 Å². The summed E-state index contributed by atoms with van der Waals surface area (Å²) in [4.78, 5) is 16.4. The van der Waals surface area contributed by atoms with E-state index in [0.717, 1.165) is 0 Å². The fourth-order valence-electron chi connectivity index (χ4n) is 1.31. The van der Waals surface area contributed by atoms with Crippen molar-refractivity contribution in [2.45, 2.75) is 6.54 Å². The number of carbonyl (C=O) groups is 1. The number of amides is 1. The van der Waals surface area contributed by atoms with Crippen LogP contribution >= 0.6 is 0 Å². The number of ether oxygens (including phenoxy) is 1. The zero-order valence-electron chi connectivity index (χ0n) is 7.96. The van der Waals surface area contributed by atoms with Gasteiger partial charge in [0.1, 0.15) is 19.0 Å². The molecule has 78 valence electrons. The number of aromatic nitrogens is 3. The van der Waals surface area contributed by atoms with Crippen molar-refractivity contribution >= 4 is 6.09 Å². The molecular formula is C8H9N5O2. The largest absolute Gasteiger partial charge is 0.448 e. The Labute approximate surface area is 85.9 Å². The number of cyclic esters (lactones) is 1. The minimum absolute atomic E-state index is 0.138. The molecule has 1 fully saturated rings. The summed E-state index contributed by atoms with van der Waals surface area (Å²) in [6, 6.07) is 1.84. The van der Waals surface area contributed by atoms with E-state index in [-0.39, 0.29) is 11.9 Å². The van der Waals surface area contributed by atoms with E-state index in [2.05, 4.69) is 10.1 Å². The van der Waals surface area contributed by atoms with Crippen molar-refractivity contribution in [3.05, 3.63) is 12.2 Å². The third-order valence-electron chi connectivity index (χ3n) is 2.08. The first-order valence-electron chi connectivity index (χ1n) is 4.51. The lowest BCUT2D eigenvalue weighted by Gasteiger charge is -2.11. The van der Waals surface area contributed by atoms with Gasteiger partial charge in [-0.25, -0.2) is 14.5 Å². The predicted octanol–water partition coefficient (Wildman–Crippen LogP) is -0.398. The summed E-state index contributed by atoms with van der Waals surface area (Å²) < 4.78 is 6.30. The van der Waals surface area contributed by atoms with E-state index in [4.69, 9.17) is 10.00 Å². The van der Waals surface area contributed by atoms with E-state index in [0.29, 0.717) is 26.2 Å². The van der Waals surface area contributed by atoms with E-state index in [1.54, 1.807) is 4.90 Å². The third-order valence-corrected chi connectivity index (χ3v) is 2.08. The molecule has 15 heavy (non-hydrogen) atoms. The topological polar surface area (TPSA) is 84.0 Å². The van der Waals surface area contributed by atoms with Gasteiger partial charge >= 0.3 is 6.09 Å². The molecule has 0 unspecified atom stereocenters. The molecule has 1 saturated heterocycles. The summed E-state index contributed by atoms with van der Waals surface area (Å²) in [5, 5.41) is 12.4. The van der Waals surface area contributed by atoms with Crippen LogP contribution in [0, 0.1) is 11.3 Å². The first-order valence-corrected chi connectivity index (χ1v) is 4.51. The summed E-state index contributed by atoms with van der Waals surface area (Å²) in [5.74, 6) is 0.138. The Hall–Kier alpha value is -2.10. The molecule has 2 rings (SSSR count). The molecule has 1 aromatic rings. The van der Waals surface area contributed by atoms with Crippen LogP contribution in [0.1, 0.15) is 5.82 Å². The Morgan fingerprint density at radius 2 is 2.47 bits per heavy atom. The van der Waals surface area contributed by atoms with Crippen LogP contribution in [-0.2, 0) is 11.3 Å². The molecule has 2 heterocycles. The van der Waals surface area contributed by atoms with E-state index in [1.807, 2.05) is 6.07 Å². The van der Waals surface area contributed by atoms with Crippen LogP contribution in [-0.4, -0.2) is 45.5 Å². The number of rotatable bonds is 3. The number of hydrogen-bond donors (Lipinski definition) is 0. The minimum atomic E-state index is -0.296. The molecule has 7 nitrogen and oxygen atoms in total. The molecule has 0 aromatic carbocycles. The van der Waals surface area contributed by atoms with Crippen molar-refractivity contribution in [3.8, 4) is 6.07 Å². The molecule has 1 aliphatic rings. The lowest BCUT2D eigenvalue weighted by Crippen LogP contribution is -2.28. The average Bonchev–Trinajstić information content (AvgIpc) is 2.84.